The molecule has 1 saturated carbocycles. The summed E-state index contributed by atoms with van der Waals surface area (Å²) < 4.78 is 7.21. The summed E-state index contributed by atoms with van der Waals surface area (Å²) in [5.41, 5.74) is 1.68. The van der Waals surface area contributed by atoms with Crippen LogP contribution < -0.4 is 5.32 Å². The second kappa shape index (κ2) is 5.39. The maximum absolute atomic E-state index is 12.4. The predicted molar refractivity (Wildman–Crippen MR) is 84.6 cm³/mol. The maximum Gasteiger partial charge on any atom is 0.228 e. The Labute approximate surface area is 133 Å². The molecule has 6 nitrogen and oxygen atoms in total. The van der Waals surface area contributed by atoms with Crippen LogP contribution in [0.3, 0.4) is 0 Å². The number of nitrogens with zero attached hydrogens (tertiary/aromatic N) is 3. The van der Waals surface area contributed by atoms with Crippen LogP contribution in [-0.2, 0) is 11.8 Å². The molecule has 23 heavy (non-hydrogen) atoms. The lowest BCUT2D eigenvalue weighted by molar-refractivity contribution is -0.117. The van der Waals surface area contributed by atoms with Crippen molar-refractivity contribution in [2.75, 3.05) is 5.32 Å². The first kappa shape index (κ1) is 13.8. The number of hydrogen-bond donors (Lipinski definition) is 1. The van der Waals surface area contributed by atoms with Crippen molar-refractivity contribution in [3.8, 4) is 11.4 Å². The molecular weight excluding hydrogens is 292 g/mol. The van der Waals surface area contributed by atoms with Crippen LogP contribution in [0.5, 0.6) is 0 Å². The number of carbonyl (C=O) groups excluding carboxylic acids is 1. The van der Waals surface area contributed by atoms with Crippen LogP contribution in [0.15, 0.2) is 53.4 Å². The third kappa shape index (κ3) is 2.63. The lowest BCUT2D eigenvalue weighted by Gasteiger charge is -2.07. The van der Waals surface area contributed by atoms with Gasteiger partial charge < -0.3 is 14.3 Å². The summed E-state index contributed by atoms with van der Waals surface area (Å²) in [7, 11) is 1.89. The average Bonchev–Trinajstić information content (AvgIpc) is 2.95. The number of hydrogen-bond acceptors (Lipinski definition) is 4. The minimum atomic E-state index is -0.0142. The minimum Gasteiger partial charge on any atom is -0.469 e. The summed E-state index contributed by atoms with van der Waals surface area (Å²) in [6, 6.07) is 11.4. The SMILES string of the molecule is Cn1cnnc1-c1cccc(NC(=O)C2CC2c2ccco2)c1. The molecule has 0 radical (unpaired) electrons. The molecular formula is C17H16N4O2. The van der Waals surface area contributed by atoms with E-state index in [0.717, 1.165) is 29.3 Å². The quantitative estimate of drug-likeness (QED) is 0.804. The van der Waals surface area contributed by atoms with Crippen LogP contribution in [0.1, 0.15) is 18.1 Å². The second-order valence-corrected chi connectivity index (χ2v) is 5.80. The van der Waals surface area contributed by atoms with Crippen LogP contribution in [0.2, 0.25) is 0 Å². The van der Waals surface area contributed by atoms with Gasteiger partial charge in [0.1, 0.15) is 12.1 Å². The molecule has 1 N–H and O–H groups in total. The van der Waals surface area contributed by atoms with Crippen molar-refractivity contribution in [2.24, 2.45) is 13.0 Å². The normalized spacial score (nSPS) is 19.5. The Morgan fingerprint density at radius 3 is 3.00 bits per heavy atom. The van der Waals surface area contributed by atoms with E-state index in [1.807, 2.05) is 48.0 Å². The second-order valence-electron chi connectivity index (χ2n) is 5.80. The molecule has 0 spiro atoms. The molecule has 4 rings (SSSR count). The lowest BCUT2D eigenvalue weighted by atomic mass is 10.1. The molecule has 1 aliphatic carbocycles. The number of aryl methyl sites for hydroxylation is 1. The molecule has 0 bridgehead atoms. The van der Waals surface area contributed by atoms with E-state index in [-0.39, 0.29) is 17.7 Å². The van der Waals surface area contributed by atoms with E-state index in [0.29, 0.717) is 0 Å². The van der Waals surface area contributed by atoms with Crippen molar-refractivity contribution in [3.05, 3.63) is 54.7 Å². The summed E-state index contributed by atoms with van der Waals surface area (Å²) in [5.74, 6) is 1.87. The fourth-order valence-electron chi connectivity index (χ4n) is 2.82. The standard InChI is InChI=1S/C17H16N4O2/c1-21-10-18-20-16(21)11-4-2-5-12(8-11)19-17(22)14-9-13(14)15-6-3-7-23-15/h2-8,10,13-14H,9H2,1H3,(H,19,22). The number of benzene rings is 1. The highest BCUT2D eigenvalue weighted by Crippen LogP contribution is 2.48. The number of anilines is 1. The zero-order chi connectivity index (χ0) is 15.8. The largest absolute Gasteiger partial charge is 0.469 e. The first-order chi connectivity index (χ1) is 11.2. The first-order valence-electron chi connectivity index (χ1n) is 7.51. The minimum absolute atomic E-state index is 0.0142. The highest BCUT2D eigenvalue weighted by molar-refractivity contribution is 5.95. The monoisotopic (exact) mass is 308 g/mol. The molecule has 6 heteroatoms. The van der Waals surface area contributed by atoms with Crippen molar-refractivity contribution in [2.45, 2.75) is 12.3 Å². The Balaban J connectivity index is 1.47. The molecule has 116 valence electrons. The Bertz CT molecular complexity index is 838. The van der Waals surface area contributed by atoms with Crippen LogP contribution in [0, 0.1) is 5.92 Å². The number of amides is 1. The van der Waals surface area contributed by atoms with E-state index in [9.17, 15) is 4.79 Å². The molecule has 2 aromatic heterocycles. The van der Waals surface area contributed by atoms with Crippen molar-refractivity contribution < 1.29 is 9.21 Å². The third-order valence-corrected chi connectivity index (χ3v) is 4.14. The smallest absolute Gasteiger partial charge is 0.228 e. The highest BCUT2D eigenvalue weighted by Gasteiger charge is 2.45. The number of aromatic nitrogens is 3. The van der Waals surface area contributed by atoms with Gasteiger partial charge in [-0.15, -0.1) is 10.2 Å². The molecule has 0 saturated heterocycles. The van der Waals surface area contributed by atoms with E-state index < -0.39 is 0 Å². The zero-order valence-electron chi connectivity index (χ0n) is 12.6. The van der Waals surface area contributed by atoms with Crippen molar-refractivity contribution >= 4 is 11.6 Å². The molecule has 2 heterocycles. The molecule has 1 aliphatic rings. The van der Waals surface area contributed by atoms with Crippen LogP contribution >= 0.6 is 0 Å². The predicted octanol–water partition coefficient (Wildman–Crippen LogP) is 2.82. The van der Waals surface area contributed by atoms with E-state index >= 15 is 0 Å². The summed E-state index contributed by atoms with van der Waals surface area (Å²) in [4.78, 5) is 12.4. The summed E-state index contributed by atoms with van der Waals surface area (Å²) in [5, 5.41) is 10.9. The fraction of sp³-hybridized carbons (Fsp3) is 0.235. The van der Waals surface area contributed by atoms with Gasteiger partial charge in [-0.1, -0.05) is 12.1 Å². The van der Waals surface area contributed by atoms with E-state index in [1.165, 1.54) is 0 Å². The van der Waals surface area contributed by atoms with Crippen LogP contribution in [0.4, 0.5) is 5.69 Å². The number of furan rings is 1. The molecule has 0 aliphatic heterocycles. The molecule has 2 atom stereocenters. The molecule has 3 aromatic rings. The summed E-state index contributed by atoms with van der Waals surface area (Å²) >= 11 is 0. The topological polar surface area (TPSA) is 73.0 Å². The number of carbonyl (C=O) groups is 1. The molecule has 1 fully saturated rings. The van der Waals surface area contributed by atoms with Crippen LogP contribution in [0.25, 0.3) is 11.4 Å². The lowest BCUT2D eigenvalue weighted by Crippen LogP contribution is -2.14. The average molecular weight is 308 g/mol. The van der Waals surface area contributed by atoms with Gasteiger partial charge in [-0.3, -0.25) is 4.79 Å². The number of rotatable bonds is 4. The van der Waals surface area contributed by atoms with E-state index in [2.05, 4.69) is 15.5 Å². The third-order valence-electron chi connectivity index (χ3n) is 4.14. The van der Waals surface area contributed by atoms with Gasteiger partial charge in [-0.2, -0.15) is 0 Å². The summed E-state index contributed by atoms with van der Waals surface area (Å²) in [6.45, 7) is 0. The van der Waals surface area contributed by atoms with Gasteiger partial charge in [0.05, 0.1) is 6.26 Å². The van der Waals surface area contributed by atoms with Crippen molar-refractivity contribution in [1.82, 2.24) is 14.8 Å². The Morgan fingerprint density at radius 2 is 2.26 bits per heavy atom. The van der Waals surface area contributed by atoms with Gasteiger partial charge in [0.15, 0.2) is 5.82 Å². The Kier molecular flexibility index (Phi) is 3.22. The molecule has 1 aromatic carbocycles. The Hall–Kier alpha value is -2.89. The Morgan fingerprint density at radius 1 is 1.35 bits per heavy atom. The maximum atomic E-state index is 12.4. The highest BCUT2D eigenvalue weighted by atomic mass is 16.3. The van der Waals surface area contributed by atoms with Gasteiger partial charge in [0, 0.05) is 30.1 Å². The van der Waals surface area contributed by atoms with Gasteiger partial charge in [-0.25, -0.2) is 0 Å². The molecule has 1 amide bonds. The van der Waals surface area contributed by atoms with Crippen molar-refractivity contribution in [1.29, 1.82) is 0 Å². The summed E-state index contributed by atoms with van der Waals surface area (Å²) in [6.07, 6.45) is 4.13. The zero-order valence-corrected chi connectivity index (χ0v) is 12.6. The first-order valence-corrected chi connectivity index (χ1v) is 7.51. The van der Waals surface area contributed by atoms with Gasteiger partial charge in [0.2, 0.25) is 5.91 Å². The molecule has 2 unspecified atom stereocenters. The van der Waals surface area contributed by atoms with E-state index in [1.54, 1.807) is 12.6 Å². The van der Waals surface area contributed by atoms with Gasteiger partial charge in [-0.05, 0) is 30.7 Å². The number of nitrogens with one attached hydrogen (secondary N) is 1. The van der Waals surface area contributed by atoms with E-state index in [4.69, 9.17) is 4.42 Å². The van der Waals surface area contributed by atoms with Crippen LogP contribution in [-0.4, -0.2) is 20.7 Å². The van der Waals surface area contributed by atoms with Gasteiger partial charge in [0.25, 0.3) is 0 Å². The van der Waals surface area contributed by atoms with Crippen molar-refractivity contribution in [3.63, 3.8) is 0 Å². The fourth-order valence-corrected chi connectivity index (χ4v) is 2.82. The van der Waals surface area contributed by atoms with Gasteiger partial charge >= 0.3 is 0 Å².